The van der Waals surface area contributed by atoms with Gasteiger partial charge in [-0.3, -0.25) is 0 Å². The van der Waals surface area contributed by atoms with E-state index in [9.17, 15) is 30.0 Å². The monoisotopic (exact) mass is 310 g/mol. The molecule has 1 unspecified atom stereocenters. The number of nitrogens with two attached hydrogens (primary N) is 1. The molecule has 122 valence electrons. The molecule has 0 spiro atoms. The highest BCUT2D eigenvalue weighted by Crippen LogP contribution is 2.30. The number of aliphatic hydroxyl groups excluding tert-OH is 4. The van der Waals surface area contributed by atoms with Crippen LogP contribution < -0.4 is 11.1 Å². The van der Waals surface area contributed by atoms with Gasteiger partial charge in [0.1, 0.15) is 18.3 Å². The lowest BCUT2D eigenvalue weighted by atomic mass is 9.89. The largest absolute Gasteiger partial charge is 0.477 e. The summed E-state index contributed by atoms with van der Waals surface area (Å²) in [6.07, 6.45) is -7.79. The second kappa shape index (κ2) is 6.51. The summed E-state index contributed by atoms with van der Waals surface area (Å²) in [5, 5.41) is 58.5. The van der Waals surface area contributed by atoms with Crippen LogP contribution in [0.3, 0.4) is 0 Å². The van der Waals surface area contributed by atoms with Crippen molar-refractivity contribution in [2.45, 2.75) is 42.7 Å². The number of aliphatic carboxylic acids is 1. The Balaban J connectivity index is 3.07. The molecule has 11 nitrogen and oxygen atoms in total. The van der Waals surface area contributed by atoms with E-state index >= 15 is 0 Å². The quantitative estimate of drug-likeness (QED) is 0.247. The van der Waals surface area contributed by atoms with Gasteiger partial charge in [0.05, 0.1) is 18.8 Å². The second-order valence-electron chi connectivity index (χ2n) is 4.72. The van der Waals surface area contributed by atoms with Gasteiger partial charge in [0.25, 0.3) is 5.79 Å². The zero-order valence-corrected chi connectivity index (χ0v) is 10.8. The van der Waals surface area contributed by atoms with Crippen molar-refractivity contribution < 1.29 is 45.0 Å². The van der Waals surface area contributed by atoms with E-state index in [2.05, 4.69) is 0 Å². The van der Waals surface area contributed by atoms with E-state index in [1.807, 2.05) is 5.32 Å². The number of ether oxygens (including phenoxy) is 1. The summed E-state index contributed by atoms with van der Waals surface area (Å²) in [6, 6.07) is -2.49. The maximum Gasteiger partial charge on any atom is 0.364 e. The van der Waals surface area contributed by atoms with E-state index < -0.39 is 61.3 Å². The molecule has 2 amide bonds. The predicted octanol–water partition coefficient (Wildman–Crippen LogP) is -4.34. The van der Waals surface area contributed by atoms with Crippen LogP contribution in [0, 0.1) is 0 Å². The van der Waals surface area contributed by atoms with Crippen LogP contribution in [0.1, 0.15) is 6.42 Å². The molecule has 1 aliphatic rings. The van der Waals surface area contributed by atoms with E-state index in [0.717, 1.165) is 0 Å². The Morgan fingerprint density at radius 3 is 2.43 bits per heavy atom. The van der Waals surface area contributed by atoms with Crippen LogP contribution >= 0.6 is 0 Å². The Bertz CT molecular complexity index is 406. The van der Waals surface area contributed by atoms with Crippen molar-refractivity contribution in [2.75, 3.05) is 6.61 Å². The number of carbonyl (C=O) groups is 2. The topological polar surface area (TPSA) is 203 Å². The van der Waals surface area contributed by atoms with Crippen LogP contribution in [0.15, 0.2) is 0 Å². The highest BCUT2D eigenvalue weighted by Gasteiger charge is 2.53. The van der Waals surface area contributed by atoms with Gasteiger partial charge in [0.15, 0.2) is 0 Å². The van der Waals surface area contributed by atoms with Crippen molar-refractivity contribution >= 4 is 12.0 Å². The number of primary amides is 1. The van der Waals surface area contributed by atoms with E-state index in [0.29, 0.717) is 0 Å². The first-order valence-electron chi connectivity index (χ1n) is 5.97. The molecule has 1 saturated heterocycles. The molecule has 0 radical (unpaired) electrons. The van der Waals surface area contributed by atoms with Crippen LogP contribution in [0.2, 0.25) is 0 Å². The smallest absolute Gasteiger partial charge is 0.364 e. The fraction of sp³-hybridized carbons (Fsp3) is 0.800. The lowest BCUT2D eigenvalue weighted by molar-refractivity contribution is -0.294. The standard InChI is InChI=1S/C10H18N2O9/c11-9(19)12-5-3(14)1-10(20,8(17)18)21-7(5)6(16)4(15)2-13/h3-7,13-16,20H,1-2H2,(H,17,18)(H3,11,12,19)/t3-,4+,5+,6+,7+,10?/m0/s1. The van der Waals surface area contributed by atoms with Crippen LogP contribution in [0.25, 0.3) is 0 Å². The summed E-state index contributed by atoms with van der Waals surface area (Å²) in [4.78, 5) is 21.9. The van der Waals surface area contributed by atoms with Gasteiger partial charge in [-0.15, -0.1) is 0 Å². The molecule has 0 saturated carbocycles. The third-order valence-corrected chi connectivity index (χ3v) is 3.15. The number of rotatable bonds is 5. The summed E-state index contributed by atoms with van der Waals surface area (Å²) in [5.74, 6) is -4.65. The third kappa shape index (κ3) is 3.78. The number of urea groups is 1. The second-order valence-corrected chi connectivity index (χ2v) is 4.72. The highest BCUT2D eigenvalue weighted by molar-refractivity contribution is 5.76. The fourth-order valence-corrected chi connectivity index (χ4v) is 2.07. The van der Waals surface area contributed by atoms with Crippen molar-refractivity contribution in [1.29, 1.82) is 0 Å². The maximum atomic E-state index is 11.0. The number of aliphatic hydroxyl groups is 5. The average Bonchev–Trinajstić information content (AvgIpc) is 2.39. The van der Waals surface area contributed by atoms with Crippen molar-refractivity contribution in [3.8, 4) is 0 Å². The number of carboxylic acid groups (broad SMARTS) is 1. The summed E-state index contributed by atoms with van der Waals surface area (Å²) in [5.41, 5.74) is 4.89. The molecule has 1 aliphatic heterocycles. The number of amides is 2. The summed E-state index contributed by atoms with van der Waals surface area (Å²) in [6.45, 7) is -0.897. The molecular formula is C10H18N2O9. The molecule has 6 atom stereocenters. The normalized spacial score (nSPS) is 35.8. The maximum absolute atomic E-state index is 11.0. The van der Waals surface area contributed by atoms with Gasteiger partial charge in [-0.1, -0.05) is 0 Å². The minimum absolute atomic E-state index is 0.800. The lowest BCUT2D eigenvalue weighted by Gasteiger charge is -2.44. The Morgan fingerprint density at radius 2 is 2.00 bits per heavy atom. The molecule has 1 heterocycles. The van der Waals surface area contributed by atoms with Crippen LogP contribution in [-0.2, 0) is 9.53 Å². The predicted molar refractivity (Wildman–Crippen MR) is 63.7 cm³/mol. The Kier molecular flexibility index (Phi) is 5.44. The Morgan fingerprint density at radius 1 is 1.43 bits per heavy atom. The first-order chi connectivity index (χ1) is 9.62. The Hall–Kier alpha value is -1.50. The van der Waals surface area contributed by atoms with Gasteiger partial charge >= 0.3 is 12.0 Å². The molecule has 0 bridgehead atoms. The summed E-state index contributed by atoms with van der Waals surface area (Å²) >= 11 is 0. The first kappa shape index (κ1) is 17.6. The molecule has 0 aromatic rings. The zero-order chi connectivity index (χ0) is 16.4. The van der Waals surface area contributed by atoms with Gasteiger partial charge in [0, 0.05) is 6.42 Å². The SMILES string of the molecule is NC(=O)N[C@H]1[C@H]([C@H](O)[C@H](O)CO)OC(O)(C(=O)O)C[C@@H]1O. The molecule has 0 aliphatic carbocycles. The van der Waals surface area contributed by atoms with Crippen molar-refractivity contribution in [1.82, 2.24) is 5.32 Å². The molecule has 11 heteroatoms. The summed E-state index contributed by atoms with van der Waals surface area (Å²) < 4.78 is 4.81. The average molecular weight is 310 g/mol. The number of carboxylic acids is 1. The van der Waals surface area contributed by atoms with Gasteiger partial charge in [-0.05, 0) is 0 Å². The highest BCUT2D eigenvalue weighted by atomic mass is 16.7. The van der Waals surface area contributed by atoms with E-state index in [-0.39, 0.29) is 0 Å². The fourth-order valence-electron chi connectivity index (χ4n) is 2.07. The van der Waals surface area contributed by atoms with E-state index in [4.69, 9.17) is 20.7 Å². The molecular weight excluding hydrogens is 292 g/mol. The van der Waals surface area contributed by atoms with E-state index in [1.54, 1.807) is 0 Å². The molecule has 0 aromatic carbocycles. The molecule has 1 fully saturated rings. The molecule has 0 aromatic heterocycles. The minimum Gasteiger partial charge on any atom is -0.477 e. The lowest BCUT2D eigenvalue weighted by Crippen LogP contribution is -2.67. The molecule has 9 N–H and O–H groups in total. The number of hydrogen-bond acceptors (Lipinski definition) is 8. The number of nitrogens with one attached hydrogen (secondary N) is 1. The first-order valence-corrected chi connectivity index (χ1v) is 5.97. The third-order valence-electron chi connectivity index (χ3n) is 3.15. The molecule has 1 rings (SSSR count). The van der Waals surface area contributed by atoms with Crippen LogP contribution in [0.5, 0.6) is 0 Å². The van der Waals surface area contributed by atoms with Gasteiger partial charge in [-0.25, -0.2) is 9.59 Å². The Labute approximate surface area is 118 Å². The molecule has 21 heavy (non-hydrogen) atoms. The van der Waals surface area contributed by atoms with Crippen molar-refractivity contribution in [3.05, 3.63) is 0 Å². The zero-order valence-electron chi connectivity index (χ0n) is 10.8. The minimum atomic E-state index is -2.82. The number of hydrogen-bond donors (Lipinski definition) is 8. The van der Waals surface area contributed by atoms with Crippen molar-refractivity contribution in [3.63, 3.8) is 0 Å². The van der Waals surface area contributed by atoms with Gasteiger partial charge < -0.3 is 46.4 Å². The van der Waals surface area contributed by atoms with Crippen LogP contribution in [0.4, 0.5) is 4.79 Å². The number of carbonyl (C=O) groups excluding carboxylic acids is 1. The van der Waals surface area contributed by atoms with Crippen molar-refractivity contribution in [2.24, 2.45) is 5.73 Å². The van der Waals surface area contributed by atoms with Crippen LogP contribution in [-0.4, -0.2) is 85.5 Å². The van der Waals surface area contributed by atoms with E-state index in [1.165, 1.54) is 0 Å². The summed E-state index contributed by atoms with van der Waals surface area (Å²) in [7, 11) is 0. The van der Waals surface area contributed by atoms with Gasteiger partial charge in [-0.2, -0.15) is 0 Å². The van der Waals surface area contributed by atoms with Gasteiger partial charge in [0.2, 0.25) is 0 Å².